The minimum absolute atomic E-state index is 0.120. The van der Waals surface area contributed by atoms with E-state index in [1.807, 2.05) is 47.4 Å². The van der Waals surface area contributed by atoms with Gasteiger partial charge in [-0.2, -0.15) is 4.40 Å². The molecule has 2 heterocycles. The van der Waals surface area contributed by atoms with Gasteiger partial charge < -0.3 is 24.4 Å². The van der Waals surface area contributed by atoms with Crippen molar-refractivity contribution in [2.75, 3.05) is 44.6 Å². The average Bonchev–Trinajstić information content (AvgIpc) is 3.30. The fourth-order valence-electron chi connectivity index (χ4n) is 5.71. The van der Waals surface area contributed by atoms with Crippen LogP contribution in [0.15, 0.2) is 53.1 Å². The van der Waals surface area contributed by atoms with Gasteiger partial charge in [0, 0.05) is 42.2 Å². The third kappa shape index (κ3) is 5.95. The van der Waals surface area contributed by atoms with Crippen molar-refractivity contribution < 1.29 is 27.4 Å². The monoisotopic (exact) mass is 621 g/mol. The first kappa shape index (κ1) is 31.2. The molecule has 0 amide bonds. The largest absolute Gasteiger partial charge is 0.497 e. The van der Waals surface area contributed by atoms with Crippen molar-refractivity contribution in [2.24, 2.45) is 9.81 Å². The molecule has 44 heavy (non-hydrogen) atoms. The number of ether oxygens (including phenoxy) is 3. The number of nitrogens with one attached hydrogen (secondary N) is 1. The van der Waals surface area contributed by atoms with Crippen LogP contribution < -0.4 is 19.7 Å². The molecule has 1 saturated heterocycles. The van der Waals surface area contributed by atoms with Crippen LogP contribution in [0.25, 0.3) is 0 Å². The van der Waals surface area contributed by atoms with Crippen molar-refractivity contribution in [3.8, 4) is 11.5 Å². The van der Waals surface area contributed by atoms with Crippen molar-refractivity contribution in [1.82, 2.24) is 9.97 Å². The molecule has 0 saturated carbocycles. The van der Waals surface area contributed by atoms with E-state index in [0.717, 1.165) is 16.7 Å². The maximum absolute atomic E-state index is 13.3. The quantitative estimate of drug-likeness (QED) is 0.355. The number of rotatable bonds is 8. The normalized spacial score (nSPS) is 17.0. The molecule has 1 aliphatic heterocycles. The smallest absolute Gasteiger partial charge is 0.360 e. The number of hydrogen-bond acceptors (Lipinski definition) is 10. The molecule has 1 fully saturated rings. The summed E-state index contributed by atoms with van der Waals surface area (Å²) in [4.78, 5) is 24.0. The number of hydrogen-bond donors (Lipinski definition) is 1. The van der Waals surface area contributed by atoms with Crippen LogP contribution in [0.2, 0.25) is 0 Å². The van der Waals surface area contributed by atoms with E-state index in [1.165, 1.54) is 13.3 Å². The molecule has 1 spiro atoms. The maximum Gasteiger partial charge on any atom is 0.360 e. The van der Waals surface area contributed by atoms with Gasteiger partial charge in [-0.15, -0.1) is 0 Å². The second-order valence-electron chi connectivity index (χ2n) is 12.1. The summed E-state index contributed by atoms with van der Waals surface area (Å²) in [6, 6.07) is 13.5. The summed E-state index contributed by atoms with van der Waals surface area (Å²) in [7, 11) is 0.750. The number of anilines is 2. The van der Waals surface area contributed by atoms with E-state index in [9.17, 15) is 13.2 Å². The summed E-state index contributed by atoms with van der Waals surface area (Å²) >= 11 is 0. The second kappa shape index (κ2) is 12.1. The molecule has 3 aromatic rings. The molecule has 0 radical (unpaired) electrons. The van der Waals surface area contributed by atoms with Gasteiger partial charge in [0.1, 0.15) is 17.3 Å². The van der Waals surface area contributed by atoms with E-state index in [4.69, 9.17) is 19.2 Å². The van der Waals surface area contributed by atoms with E-state index in [1.54, 1.807) is 35.0 Å². The summed E-state index contributed by atoms with van der Waals surface area (Å²) in [5, 5.41) is 3.29. The Morgan fingerprint density at radius 2 is 1.80 bits per heavy atom. The summed E-state index contributed by atoms with van der Waals surface area (Å²) in [5.41, 5.74) is 3.19. The Morgan fingerprint density at radius 1 is 1.07 bits per heavy atom. The Kier molecular flexibility index (Phi) is 8.57. The zero-order valence-electron chi connectivity index (χ0n) is 26.0. The molecule has 11 nitrogen and oxygen atoms in total. The SMILES string of the molecule is COC(=O)c1ncc(NCc2ccc(OC)cc2OC)nc1N1CCC2(CC1)Cc1ccccc1C2=NS(=O)(=O)C(C)(C)C. The lowest BCUT2D eigenvalue weighted by molar-refractivity contribution is 0.0594. The molecule has 0 bridgehead atoms. The van der Waals surface area contributed by atoms with Crippen molar-refractivity contribution in [3.63, 3.8) is 0 Å². The first-order valence-electron chi connectivity index (χ1n) is 14.5. The van der Waals surface area contributed by atoms with E-state index < -0.39 is 26.2 Å². The van der Waals surface area contributed by atoms with Gasteiger partial charge >= 0.3 is 5.97 Å². The van der Waals surface area contributed by atoms with Gasteiger partial charge in [-0.3, -0.25) is 0 Å². The summed E-state index contributed by atoms with van der Waals surface area (Å²) in [5.74, 6) is 1.67. The fourth-order valence-corrected chi connectivity index (χ4v) is 6.52. The maximum atomic E-state index is 13.3. The number of benzene rings is 2. The predicted octanol–water partition coefficient (Wildman–Crippen LogP) is 4.65. The van der Waals surface area contributed by atoms with E-state index in [0.29, 0.717) is 67.7 Å². The number of carbonyl (C=O) groups excluding carboxylic acids is 1. The highest BCUT2D eigenvalue weighted by atomic mass is 32.2. The van der Waals surface area contributed by atoms with Gasteiger partial charge in [0.15, 0.2) is 11.5 Å². The number of sulfonamides is 1. The number of fused-ring (bicyclic) bond motifs is 1. The molecule has 1 N–H and O–H groups in total. The zero-order valence-corrected chi connectivity index (χ0v) is 26.8. The number of methoxy groups -OCH3 is 3. The van der Waals surface area contributed by atoms with Gasteiger partial charge in [0.25, 0.3) is 10.0 Å². The molecule has 5 rings (SSSR count). The summed E-state index contributed by atoms with van der Waals surface area (Å²) < 4.78 is 45.8. The van der Waals surface area contributed by atoms with Gasteiger partial charge in [0.2, 0.25) is 0 Å². The van der Waals surface area contributed by atoms with Crippen LogP contribution in [-0.4, -0.2) is 69.2 Å². The van der Waals surface area contributed by atoms with E-state index >= 15 is 0 Å². The minimum Gasteiger partial charge on any atom is -0.497 e. The van der Waals surface area contributed by atoms with Crippen LogP contribution in [0.1, 0.15) is 60.8 Å². The molecule has 0 unspecified atom stereocenters. The first-order valence-corrected chi connectivity index (χ1v) is 15.9. The van der Waals surface area contributed by atoms with Crippen LogP contribution in [0.3, 0.4) is 0 Å². The van der Waals surface area contributed by atoms with E-state index in [2.05, 4.69) is 14.7 Å². The third-order valence-corrected chi connectivity index (χ3v) is 10.4. The number of carbonyl (C=O) groups is 1. The average molecular weight is 622 g/mol. The van der Waals surface area contributed by atoms with Gasteiger partial charge in [-0.05, 0) is 57.7 Å². The lowest BCUT2D eigenvalue weighted by Crippen LogP contribution is -2.45. The Hall–Kier alpha value is -4.19. The minimum atomic E-state index is -3.76. The lowest BCUT2D eigenvalue weighted by atomic mass is 9.74. The Labute approximate surface area is 258 Å². The summed E-state index contributed by atoms with van der Waals surface area (Å²) in [6.45, 7) is 6.46. The summed E-state index contributed by atoms with van der Waals surface area (Å²) in [6.07, 6.45) is 3.47. The van der Waals surface area contributed by atoms with Crippen LogP contribution in [-0.2, 0) is 27.7 Å². The van der Waals surface area contributed by atoms with Crippen LogP contribution >= 0.6 is 0 Å². The van der Waals surface area contributed by atoms with Gasteiger partial charge in [0.05, 0.1) is 38.0 Å². The standard InChI is InChI=1S/C32H39N5O6S/c1-31(2,3)44(39,40)36-28-24-10-8-7-9-21(24)18-32(28)13-15-37(16-14-32)29-27(30(38)43-6)34-20-26(35-29)33-19-22-11-12-23(41-4)17-25(22)42-5/h7-12,17,20H,13-16,18-19H2,1-6H3,(H,33,35). The fraction of sp³-hybridized carbons (Fsp3) is 0.438. The molecular formula is C32H39N5O6S. The lowest BCUT2D eigenvalue weighted by Gasteiger charge is -2.40. The molecule has 2 aromatic carbocycles. The highest BCUT2D eigenvalue weighted by Gasteiger charge is 2.47. The Balaban J connectivity index is 1.42. The van der Waals surface area contributed by atoms with E-state index in [-0.39, 0.29) is 5.69 Å². The van der Waals surface area contributed by atoms with Crippen molar-refractivity contribution in [1.29, 1.82) is 0 Å². The molecule has 0 atom stereocenters. The van der Waals surface area contributed by atoms with Crippen molar-refractivity contribution >= 4 is 33.3 Å². The molecular weight excluding hydrogens is 582 g/mol. The third-order valence-electron chi connectivity index (χ3n) is 8.40. The molecule has 12 heteroatoms. The van der Waals surface area contributed by atoms with Gasteiger partial charge in [-0.25, -0.2) is 23.2 Å². The molecule has 234 valence electrons. The molecule has 1 aromatic heterocycles. The van der Waals surface area contributed by atoms with Crippen molar-refractivity contribution in [3.05, 3.63) is 71.0 Å². The first-order chi connectivity index (χ1) is 20.9. The van der Waals surface area contributed by atoms with Crippen LogP contribution in [0, 0.1) is 5.41 Å². The number of nitrogens with zero attached hydrogens (tertiary/aromatic N) is 4. The highest BCUT2D eigenvalue weighted by Crippen LogP contribution is 2.46. The predicted molar refractivity (Wildman–Crippen MR) is 169 cm³/mol. The Bertz CT molecular complexity index is 1690. The zero-order chi connectivity index (χ0) is 31.7. The van der Waals surface area contributed by atoms with Gasteiger partial charge in [-0.1, -0.05) is 24.3 Å². The second-order valence-corrected chi connectivity index (χ2v) is 14.4. The number of esters is 1. The topological polar surface area (TPSA) is 132 Å². The van der Waals surface area contributed by atoms with Crippen LogP contribution in [0.5, 0.6) is 11.5 Å². The highest BCUT2D eigenvalue weighted by molar-refractivity contribution is 7.91. The Morgan fingerprint density at radius 3 is 2.45 bits per heavy atom. The van der Waals surface area contributed by atoms with Crippen LogP contribution in [0.4, 0.5) is 11.6 Å². The van der Waals surface area contributed by atoms with Crippen molar-refractivity contribution in [2.45, 2.75) is 51.3 Å². The number of piperidine rings is 1. The molecule has 2 aliphatic rings. The number of aromatic nitrogens is 2. The molecule has 1 aliphatic carbocycles.